The minimum absolute atomic E-state index is 0.0404. The molecule has 11 heteroatoms. The maximum Gasteiger partial charge on any atom is 0.278 e. The van der Waals surface area contributed by atoms with Gasteiger partial charge in [0.25, 0.3) is 5.56 Å². The highest BCUT2D eigenvalue weighted by atomic mass is 16.6. The third-order valence-corrected chi connectivity index (χ3v) is 4.68. The van der Waals surface area contributed by atoms with Crippen molar-refractivity contribution < 1.29 is 24.8 Å². The molecule has 0 spiro atoms. The van der Waals surface area contributed by atoms with Gasteiger partial charge in [-0.25, -0.2) is 9.97 Å². The summed E-state index contributed by atoms with van der Waals surface area (Å²) in [6.45, 7) is 1.96. The Morgan fingerprint density at radius 1 is 1.28 bits per heavy atom. The number of aromatic nitrogens is 4. The maximum atomic E-state index is 12.2. The zero-order valence-corrected chi connectivity index (χ0v) is 15.5. The first kappa shape index (κ1) is 19.3. The van der Waals surface area contributed by atoms with Crippen molar-refractivity contribution in [2.45, 2.75) is 31.5 Å². The number of hydrogen-bond donors (Lipinski definition) is 5. The van der Waals surface area contributed by atoms with Gasteiger partial charge in [-0.1, -0.05) is 0 Å². The molecule has 2 aromatic heterocycles. The molecule has 0 bridgehead atoms. The Morgan fingerprint density at radius 2 is 2.03 bits per heavy atom. The fourth-order valence-corrected chi connectivity index (χ4v) is 3.27. The first-order valence-corrected chi connectivity index (χ1v) is 9.11. The number of fused-ring (bicyclic) bond motifs is 1. The van der Waals surface area contributed by atoms with Crippen LogP contribution in [-0.4, -0.2) is 66.4 Å². The van der Waals surface area contributed by atoms with E-state index in [4.69, 9.17) is 9.47 Å². The zero-order chi connectivity index (χ0) is 20.5. The van der Waals surface area contributed by atoms with Crippen LogP contribution in [0.1, 0.15) is 13.2 Å². The van der Waals surface area contributed by atoms with E-state index in [1.165, 1.54) is 10.9 Å². The van der Waals surface area contributed by atoms with E-state index in [1.54, 1.807) is 24.3 Å². The molecule has 1 aromatic carbocycles. The van der Waals surface area contributed by atoms with E-state index in [0.717, 1.165) is 0 Å². The fraction of sp³-hybridized carbons (Fsp3) is 0.389. The van der Waals surface area contributed by atoms with Gasteiger partial charge in [0.15, 0.2) is 17.4 Å². The van der Waals surface area contributed by atoms with Crippen molar-refractivity contribution in [3.05, 3.63) is 40.9 Å². The molecular formula is C18H21N5O6. The van der Waals surface area contributed by atoms with E-state index in [0.29, 0.717) is 18.0 Å². The predicted octanol–water partition coefficient (Wildman–Crippen LogP) is -0.127. The van der Waals surface area contributed by atoms with Crippen LogP contribution in [-0.2, 0) is 4.74 Å². The van der Waals surface area contributed by atoms with Gasteiger partial charge in [0, 0.05) is 5.69 Å². The minimum atomic E-state index is -1.36. The standard InChI is InChI=1S/C18H21N5O6/c1-2-28-10-5-3-9(4-6-10)21-18-22-12-15(19-8-20-16(12)27)23(18)17-14(26)13(25)11(7-24)29-17/h3-6,8,11,13-14,17,24-26H,2,7H2,1H3,(H,21,22)(H,19,20,27). The second-order valence-electron chi connectivity index (χ2n) is 6.52. The van der Waals surface area contributed by atoms with E-state index in [1.807, 2.05) is 6.92 Å². The first-order valence-electron chi connectivity index (χ1n) is 9.11. The number of nitrogens with one attached hydrogen (secondary N) is 2. The molecule has 4 atom stereocenters. The summed E-state index contributed by atoms with van der Waals surface area (Å²) in [5.74, 6) is 0.885. The van der Waals surface area contributed by atoms with Crippen LogP contribution >= 0.6 is 0 Å². The predicted molar refractivity (Wildman–Crippen MR) is 102 cm³/mol. The molecule has 0 saturated carbocycles. The molecule has 154 valence electrons. The average molecular weight is 403 g/mol. The Hall–Kier alpha value is -2.99. The number of nitrogens with zero attached hydrogens (tertiary/aromatic N) is 3. The Kier molecular flexibility index (Phi) is 5.20. The number of hydrogen-bond acceptors (Lipinski definition) is 9. The van der Waals surface area contributed by atoms with Crippen LogP contribution in [0.25, 0.3) is 11.2 Å². The van der Waals surface area contributed by atoms with Gasteiger partial charge < -0.3 is 35.1 Å². The van der Waals surface area contributed by atoms with Gasteiger partial charge >= 0.3 is 0 Å². The monoisotopic (exact) mass is 403 g/mol. The molecule has 0 aliphatic carbocycles. The highest BCUT2D eigenvalue weighted by molar-refractivity contribution is 5.75. The summed E-state index contributed by atoms with van der Waals surface area (Å²) < 4.78 is 12.4. The van der Waals surface area contributed by atoms with Crippen molar-refractivity contribution in [3.63, 3.8) is 0 Å². The fourth-order valence-electron chi connectivity index (χ4n) is 3.27. The van der Waals surface area contributed by atoms with E-state index in [2.05, 4.69) is 20.3 Å². The summed E-state index contributed by atoms with van der Waals surface area (Å²) in [7, 11) is 0. The molecular weight excluding hydrogens is 382 g/mol. The Morgan fingerprint density at radius 3 is 2.69 bits per heavy atom. The topological polar surface area (TPSA) is 155 Å². The summed E-state index contributed by atoms with van der Waals surface area (Å²) in [5.41, 5.74) is 0.388. The van der Waals surface area contributed by atoms with Gasteiger partial charge in [-0.05, 0) is 31.2 Å². The van der Waals surface area contributed by atoms with Crippen LogP contribution in [0.2, 0.25) is 0 Å². The first-order chi connectivity index (χ1) is 14.0. The molecule has 0 radical (unpaired) electrons. The van der Waals surface area contributed by atoms with Crippen molar-refractivity contribution >= 4 is 22.8 Å². The molecule has 1 aliphatic heterocycles. The van der Waals surface area contributed by atoms with Crippen LogP contribution in [0.4, 0.5) is 11.6 Å². The van der Waals surface area contributed by atoms with Gasteiger partial charge in [-0.15, -0.1) is 0 Å². The molecule has 4 rings (SSSR count). The highest BCUT2D eigenvalue weighted by Gasteiger charge is 2.45. The minimum Gasteiger partial charge on any atom is -0.494 e. The Labute approximate surface area is 164 Å². The number of imidazole rings is 1. The molecule has 11 nitrogen and oxygen atoms in total. The van der Waals surface area contributed by atoms with Crippen LogP contribution < -0.4 is 15.6 Å². The number of H-pyrrole nitrogens is 1. The van der Waals surface area contributed by atoms with Gasteiger partial charge in [0.05, 0.1) is 19.5 Å². The molecule has 0 amide bonds. The molecule has 29 heavy (non-hydrogen) atoms. The number of aliphatic hydroxyl groups excluding tert-OH is 3. The van der Waals surface area contributed by atoms with E-state index >= 15 is 0 Å². The lowest BCUT2D eigenvalue weighted by molar-refractivity contribution is -0.0501. The van der Waals surface area contributed by atoms with Gasteiger partial charge in [-0.3, -0.25) is 9.36 Å². The van der Waals surface area contributed by atoms with E-state index < -0.39 is 36.7 Å². The van der Waals surface area contributed by atoms with Gasteiger partial charge in [-0.2, -0.15) is 0 Å². The summed E-state index contributed by atoms with van der Waals surface area (Å²) in [4.78, 5) is 23.1. The number of benzene rings is 1. The lowest BCUT2D eigenvalue weighted by Crippen LogP contribution is -2.33. The van der Waals surface area contributed by atoms with E-state index in [-0.39, 0.29) is 17.1 Å². The van der Waals surface area contributed by atoms with Crippen molar-refractivity contribution in [2.24, 2.45) is 0 Å². The van der Waals surface area contributed by atoms with Crippen molar-refractivity contribution in [1.82, 2.24) is 19.5 Å². The molecule has 1 fully saturated rings. The SMILES string of the molecule is CCOc1ccc(Nc2nc3c(=O)[nH]cnc3n2C2OC(CO)C(O)C2O)cc1. The quantitative estimate of drug-likeness (QED) is 0.379. The van der Waals surface area contributed by atoms with Gasteiger partial charge in [0.1, 0.15) is 24.1 Å². The number of rotatable bonds is 6. The third kappa shape index (κ3) is 3.44. The maximum absolute atomic E-state index is 12.2. The molecule has 1 saturated heterocycles. The highest BCUT2D eigenvalue weighted by Crippen LogP contribution is 2.34. The van der Waals surface area contributed by atoms with Crippen LogP contribution in [0, 0.1) is 0 Å². The lowest BCUT2D eigenvalue weighted by Gasteiger charge is -2.19. The Balaban J connectivity index is 1.76. The second-order valence-corrected chi connectivity index (χ2v) is 6.52. The summed E-state index contributed by atoms with van der Waals surface area (Å²) >= 11 is 0. The normalized spacial score (nSPS) is 24.1. The van der Waals surface area contributed by atoms with Crippen LogP contribution in [0.15, 0.2) is 35.4 Å². The number of aliphatic hydroxyl groups is 3. The lowest BCUT2D eigenvalue weighted by atomic mass is 10.1. The van der Waals surface area contributed by atoms with Crippen molar-refractivity contribution in [1.29, 1.82) is 0 Å². The number of ether oxygens (including phenoxy) is 2. The molecule has 3 aromatic rings. The van der Waals surface area contributed by atoms with E-state index in [9.17, 15) is 20.1 Å². The zero-order valence-electron chi connectivity index (χ0n) is 15.5. The van der Waals surface area contributed by atoms with Crippen LogP contribution in [0.3, 0.4) is 0 Å². The molecule has 1 aliphatic rings. The largest absolute Gasteiger partial charge is 0.494 e. The number of anilines is 2. The van der Waals surface area contributed by atoms with Crippen molar-refractivity contribution in [2.75, 3.05) is 18.5 Å². The van der Waals surface area contributed by atoms with Gasteiger partial charge in [0.2, 0.25) is 5.95 Å². The number of aromatic amines is 1. The van der Waals surface area contributed by atoms with Crippen molar-refractivity contribution in [3.8, 4) is 5.75 Å². The smallest absolute Gasteiger partial charge is 0.278 e. The second kappa shape index (κ2) is 7.79. The molecule has 3 heterocycles. The third-order valence-electron chi connectivity index (χ3n) is 4.68. The summed E-state index contributed by atoms with van der Waals surface area (Å²) in [5, 5.41) is 33.0. The molecule has 5 N–H and O–H groups in total. The van der Waals surface area contributed by atoms with Crippen LogP contribution in [0.5, 0.6) is 5.75 Å². The average Bonchev–Trinajstić information content (AvgIpc) is 3.22. The Bertz CT molecular complexity index is 1050. The molecule has 4 unspecified atom stereocenters. The summed E-state index contributed by atoms with van der Waals surface area (Å²) in [6.07, 6.45) is -3.53. The summed E-state index contributed by atoms with van der Waals surface area (Å²) in [6, 6.07) is 7.08.